The van der Waals surface area contributed by atoms with E-state index in [1.165, 1.54) is 0 Å². The Hall–Kier alpha value is -0.620. The lowest BCUT2D eigenvalue weighted by Gasteiger charge is -2.39. The monoisotopic (exact) mass is 392 g/mol. The molecule has 0 saturated carbocycles. The maximum absolute atomic E-state index is 11.9. The molecule has 1 fully saturated rings. The number of esters is 1. The summed E-state index contributed by atoms with van der Waals surface area (Å²) in [5.41, 5.74) is -0.967. The molecule has 0 bridgehead atoms. The van der Waals surface area contributed by atoms with Crippen LogP contribution in [0.15, 0.2) is 20.8 Å². The minimum atomic E-state index is -0.967. The second kappa shape index (κ2) is 5.40. The Balaban J connectivity index is 2.42. The molecule has 0 N–H and O–H groups in total. The third-order valence-corrected chi connectivity index (χ3v) is 4.39. The van der Waals surface area contributed by atoms with Gasteiger partial charge >= 0.3 is 5.97 Å². The number of halogens is 2. The molecule has 0 aromatic heterocycles. The standard InChI is InChI=1S/C13H14Br2O4/c1-7(2)3-4-13-5-8(14)11(17)10(15)12(13)18-6-9(16)19-13/h5,7H,3-4,6H2,1-2H3/t13-/m0/s1. The first-order valence-corrected chi connectivity index (χ1v) is 7.62. The molecule has 0 spiro atoms. The van der Waals surface area contributed by atoms with Crippen LogP contribution < -0.4 is 0 Å². The molecule has 1 aliphatic heterocycles. The van der Waals surface area contributed by atoms with Crippen molar-refractivity contribution in [1.29, 1.82) is 0 Å². The van der Waals surface area contributed by atoms with E-state index in [1.54, 1.807) is 6.08 Å². The van der Waals surface area contributed by atoms with Crippen LogP contribution in [0.5, 0.6) is 0 Å². The maximum atomic E-state index is 11.9. The third kappa shape index (κ3) is 2.79. The second-order valence-corrected chi connectivity index (χ2v) is 6.70. The fourth-order valence-corrected chi connectivity index (χ4v) is 3.59. The number of Topliss-reactive ketones (excluding diaryl/α,β-unsaturated/α-hetero) is 1. The summed E-state index contributed by atoms with van der Waals surface area (Å²) in [5.74, 6) is 0.243. The van der Waals surface area contributed by atoms with Crippen molar-refractivity contribution in [2.45, 2.75) is 32.3 Å². The van der Waals surface area contributed by atoms with Gasteiger partial charge in [-0.05, 0) is 56.7 Å². The summed E-state index contributed by atoms with van der Waals surface area (Å²) >= 11 is 6.46. The van der Waals surface area contributed by atoms with Crippen molar-refractivity contribution < 1.29 is 19.1 Å². The molecule has 4 nitrogen and oxygen atoms in total. The number of hydrogen-bond acceptors (Lipinski definition) is 4. The molecule has 19 heavy (non-hydrogen) atoms. The molecule has 0 amide bonds. The number of ether oxygens (including phenoxy) is 2. The van der Waals surface area contributed by atoms with E-state index in [2.05, 4.69) is 45.7 Å². The molecule has 1 saturated heterocycles. The smallest absolute Gasteiger partial charge is 0.345 e. The summed E-state index contributed by atoms with van der Waals surface area (Å²) in [6, 6.07) is 0. The van der Waals surface area contributed by atoms with Crippen molar-refractivity contribution in [3.05, 3.63) is 20.8 Å². The SMILES string of the molecule is CC(C)CC[C@]12C=C(Br)C(=O)C(Br)=C1OCC(=O)O2. The quantitative estimate of drug-likeness (QED) is 0.691. The molecule has 0 aromatic rings. The Kier molecular flexibility index (Phi) is 4.20. The number of ketones is 1. The highest BCUT2D eigenvalue weighted by Gasteiger charge is 2.47. The number of fused-ring (bicyclic) bond motifs is 1. The fraction of sp³-hybridized carbons (Fsp3) is 0.538. The molecular weight excluding hydrogens is 380 g/mol. The first-order valence-electron chi connectivity index (χ1n) is 6.03. The van der Waals surface area contributed by atoms with Crippen LogP contribution in [0.1, 0.15) is 26.7 Å². The van der Waals surface area contributed by atoms with Crippen molar-refractivity contribution in [2.24, 2.45) is 5.92 Å². The van der Waals surface area contributed by atoms with Gasteiger partial charge in [-0.3, -0.25) is 4.79 Å². The van der Waals surface area contributed by atoms with E-state index < -0.39 is 11.6 Å². The van der Waals surface area contributed by atoms with Crippen LogP contribution in [0.2, 0.25) is 0 Å². The van der Waals surface area contributed by atoms with E-state index >= 15 is 0 Å². The molecule has 2 aliphatic rings. The Bertz CT molecular complexity index is 493. The average molecular weight is 394 g/mol. The molecule has 0 unspecified atom stereocenters. The summed E-state index contributed by atoms with van der Waals surface area (Å²) < 4.78 is 11.6. The van der Waals surface area contributed by atoms with Gasteiger partial charge in [0.25, 0.3) is 0 Å². The Morgan fingerprint density at radius 3 is 2.68 bits per heavy atom. The molecular formula is C13H14Br2O4. The molecule has 1 heterocycles. The average Bonchev–Trinajstić information content (AvgIpc) is 2.33. The highest BCUT2D eigenvalue weighted by Crippen LogP contribution is 2.43. The maximum Gasteiger partial charge on any atom is 0.345 e. The first kappa shape index (κ1) is 14.8. The number of carbonyl (C=O) groups is 2. The third-order valence-electron chi connectivity index (χ3n) is 3.08. The first-order chi connectivity index (χ1) is 8.85. The van der Waals surface area contributed by atoms with Crippen LogP contribution >= 0.6 is 31.9 Å². The summed E-state index contributed by atoms with van der Waals surface area (Å²) in [6.45, 7) is 4.02. The van der Waals surface area contributed by atoms with Crippen LogP contribution in [0.4, 0.5) is 0 Å². The Labute approximate surface area is 128 Å². The lowest BCUT2D eigenvalue weighted by atomic mass is 9.87. The summed E-state index contributed by atoms with van der Waals surface area (Å²) in [6.07, 6.45) is 3.07. The molecule has 1 aliphatic carbocycles. The van der Waals surface area contributed by atoms with Gasteiger partial charge in [-0.2, -0.15) is 0 Å². The van der Waals surface area contributed by atoms with Crippen molar-refractivity contribution in [2.75, 3.05) is 6.61 Å². The molecule has 6 heteroatoms. The summed E-state index contributed by atoms with van der Waals surface area (Å²) in [5, 5.41) is 0. The van der Waals surface area contributed by atoms with Crippen LogP contribution in [0.25, 0.3) is 0 Å². The zero-order valence-corrected chi connectivity index (χ0v) is 13.8. The molecule has 104 valence electrons. The van der Waals surface area contributed by atoms with E-state index in [9.17, 15) is 9.59 Å². The van der Waals surface area contributed by atoms with Gasteiger partial charge < -0.3 is 9.47 Å². The van der Waals surface area contributed by atoms with E-state index in [4.69, 9.17) is 9.47 Å². The van der Waals surface area contributed by atoms with Gasteiger partial charge in [-0.1, -0.05) is 13.8 Å². The highest BCUT2D eigenvalue weighted by atomic mass is 79.9. The number of carbonyl (C=O) groups excluding carboxylic acids is 2. The van der Waals surface area contributed by atoms with Gasteiger partial charge in [0.05, 0.1) is 4.48 Å². The Morgan fingerprint density at radius 1 is 1.37 bits per heavy atom. The lowest BCUT2D eigenvalue weighted by molar-refractivity contribution is -0.171. The lowest BCUT2D eigenvalue weighted by Crippen LogP contribution is -2.45. The van der Waals surface area contributed by atoms with Crippen LogP contribution in [0.3, 0.4) is 0 Å². The van der Waals surface area contributed by atoms with Gasteiger partial charge in [0.2, 0.25) is 5.78 Å². The van der Waals surface area contributed by atoms with E-state index in [-0.39, 0.29) is 12.4 Å². The topological polar surface area (TPSA) is 52.6 Å². The normalized spacial score (nSPS) is 26.9. The van der Waals surface area contributed by atoms with Gasteiger partial charge in [-0.25, -0.2) is 4.79 Å². The number of hydrogen-bond donors (Lipinski definition) is 0. The van der Waals surface area contributed by atoms with Crippen LogP contribution in [0, 0.1) is 5.92 Å². The zero-order valence-electron chi connectivity index (χ0n) is 10.7. The molecule has 1 atom stereocenters. The summed E-state index contributed by atoms with van der Waals surface area (Å²) in [7, 11) is 0. The van der Waals surface area contributed by atoms with Gasteiger partial charge in [-0.15, -0.1) is 0 Å². The van der Waals surface area contributed by atoms with Gasteiger partial charge in [0, 0.05) is 0 Å². The minimum absolute atomic E-state index is 0.160. The van der Waals surface area contributed by atoms with Gasteiger partial charge in [0.1, 0.15) is 4.48 Å². The van der Waals surface area contributed by atoms with E-state index in [0.29, 0.717) is 27.1 Å². The predicted octanol–water partition coefficient (Wildman–Crippen LogP) is 3.20. The van der Waals surface area contributed by atoms with E-state index in [0.717, 1.165) is 6.42 Å². The largest absolute Gasteiger partial charge is 0.480 e. The summed E-state index contributed by atoms with van der Waals surface area (Å²) in [4.78, 5) is 23.4. The Morgan fingerprint density at radius 2 is 2.05 bits per heavy atom. The van der Waals surface area contributed by atoms with Crippen LogP contribution in [-0.4, -0.2) is 24.0 Å². The van der Waals surface area contributed by atoms with Crippen molar-refractivity contribution >= 4 is 43.6 Å². The molecule has 0 radical (unpaired) electrons. The van der Waals surface area contributed by atoms with Crippen LogP contribution in [-0.2, 0) is 19.1 Å². The van der Waals surface area contributed by atoms with Crippen molar-refractivity contribution in [3.8, 4) is 0 Å². The predicted molar refractivity (Wildman–Crippen MR) is 76.8 cm³/mol. The van der Waals surface area contributed by atoms with Crippen molar-refractivity contribution in [3.63, 3.8) is 0 Å². The highest BCUT2D eigenvalue weighted by molar-refractivity contribution is 9.13. The second-order valence-electron chi connectivity index (χ2n) is 5.05. The molecule has 2 rings (SSSR count). The van der Waals surface area contributed by atoms with E-state index in [1.807, 2.05) is 0 Å². The minimum Gasteiger partial charge on any atom is -0.480 e. The van der Waals surface area contributed by atoms with Gasteiger partial charge in [0.15, 0.2) is 18.0 Å². The zero-order chi connectivity index (χ0) is 14.2. The number of allylic oxidation sites excluding steroid dienone is 2. The number of rotatable bonds is 3. The molecule has 0 aromatic carbocycles. The van der Waals surface area contributed by atoms with Crippen molar-refractivity contribution in [1.82, 2.24) is 0 Å². The fourth-order valence-electron chi connectivity index (χ4n) is 2.09.